The van der Waals surface area contributed by atoms with E-state index in [1.165, 1.54) is 6.39 Å². The first-order chi connectivity index (χ1) is 11.1. The molecule has 1 atom stereocenters. The van der Waals surface area contributed by atoms with Crippen molar-refractivity contribution >= 4 is 5.91 Å². The van der Waals surface area contributed by atoms with Crippen LogP contribution in [0.25, 0.3) is 11.3 Å². The van der Waals surface area contributed by atoms with Crippen molar-refractivity contribution in [2.45, 2.75) is 19.4 Å². The zero-order chi connectivity index (χ0) is 16.2. The lowest BCUT2D eigenvalue weighted by Gasteiger charge is -2.18. The first-order valence-electron chi connectivity index (χ1n) is 7.52. The molecule has 122 valence electrons. The lowest BCUT2D eigenvalue weighted by atomic mass is 10.1. The Kier molecular flexibility index (Phi) is 4.47. The molecule has 0 saturated carbocycles. The normalized spacial score (nSPS) is 14.3. The van der Waals surface area contributed by atoms with Gasteiger partial charge in [-0.1, -0.05) is 0 Å². The SMILES string of the molecule is CC(N)CCNC(=O)c1ncoc1-c1ccc2c(c1)OCCO2. The second-order valence-corrected chi connectivity index (χ2v) is 5.41. The van der Waals surface area contributed by atoms with Crippen molar-refractivity contribution in [2.75, 3.05) is 19.8 Å². The van der Waals surface area contributed by atoms with Gasteiger partial charge in [0.1, 0.15) is 13.2 Å². The third kappa shape index (κ3) is 3.45. The summed E-state index contributed by atoms with van der Waals surface area (Å²) in [7, 11) is 0. The fourth-order valence-electron chi connectivity index (χ4n) is 2.29. The van der Waals surface area contributed by atoms with Crippen molar-refractivity contribution in [1.82, 2.24) is 10.3 Å². The number of nitrogens with one attached hydrogen (secondary N) is 1. The molecule has 3 rings (SSSR count). The van der Waals surface area contributed by atoms with Crippen LogP contribution < -0.4 is 20.5 Å². The minimum Gasteiger partial charge on any atom is -0.486 e. The average Bonchev–Trinajstić information content (AvgIpc) is 3.03. The van der Waals surface area contributed by atoms with E-state index < -0.39 is 0 Å². The number of nitrogens with two attached hydrogens (primary N) is 1. The Bertz CT molecular complexity index is 696. The van der Waals surface area contributed by atoms with Gasteiger partial charge in [0.2, 0.25) is 0 Å². The lowest BCUT2D eigenvalue weighted by Crippen LogP contribution is -2.29. The van der Waals surface area contributed by atoms with E-state index in [4.69, 9.17) is 19.6 Å². The third-order valence-electron chi connectivity index (χ3n) is 3.47. The second kappa shape index (κ2) is 6.70. The number of carbonyl (C=O) groups is 1. The summed E-state index contributed by atoms with van der Waals surface area (Å²) in [6, 6.07) is 5.43. The maximum atomic E-state index is 12.2. The van der Waals surface area contributed by atoms with Crippen molar-refractivity contribution < 1.29 is 18.7 Å². The molecule has 2 aromatic rings. The van der Waals surface area contributed by atoms with Crippen LogP contribution in [-0.4, -0.2) is 36.7 Å². The minimum atomic E-state index is -0.288. The van der Waals surface area contributed by atoms with E-state index in [1.807, 2.05) is 13.0 Å². The molecule has 7 nitrogen and oxygen atoms in total. The van der Waals surface area contributed by atoms with Crippen molar-refractivity contribution in [3.8, 4) is 22.8 Å². The molecular weight excluding hydrogens is 298 g/mol. The van der Waals surface area contributed by atoms with Crippen molar-refractivity contribution in [3.05, 3.63) is 30.3 Å². The summed E-state index contributed by atoms with van der Waals surface area (Å²) in [5.74, 6) is 1.43. The van der Waals surface area contributed by atoms with E-state index in [1.54, 1.807) is 12.1 Å². The zero-order valence-corrected chi connectivity index (χ0v) is 12.9. The maximum Gasteiger partial charge on any atom is 0.273 e. The van der Waals surface area contributed by atoms with Crippen molar-refractivity contribution in [2.24, 2.45) is 5.73 Å². The standard InChI is InChI=1S/C16H19N3O4/c1-10(17)4-5-18-16(20)14-15(23-9-19-14)11-2-3-12-13(8-11)22-7-6-21-12/h2-3,8-10H,4-7,17H2,1H3,(H,18,20). The molecule has 7 heteroatoms. The highest BCUT2D eigenvalue weighted by Crippen LogP contribution is 2.35. The predicted octanol–water partition coefficient (Wildman–Crippen LogP) is 1.58. The molecule has 1 aromatic heterocycles. The fraction of sp³-hybridized carbons (Fsp3) is 0.375. The number of fused-ring (bicyclic) bond motifs is 1. The van der Waals surface area contributed by atoms with E-state index in [0.717, 1.165) is 0 Å². The zero-order valence-electron chi connectivity index (χ0n) is 12.9. The summed E-state index contributed by atoms with van der Waals surface area (Å²) < 4.78 is 16.4. The summed E-state index contributed by atoms with van der Waals surface area (Å²) in [5.41, 5.74) is 6.63. The smallest absolute Gasteiger partial charge is 0.273 e. The van der Waals surface area contributed by atoms with Crippen LogP contribution in [0.1, 0.15) is 23.8 Å². The molecule has 3 N–H and O–H groups in total. The van der Waals surface area contributed by atoms with E-state index in [2.05, 4.69) is 10.3 Å². The van der Waals surface area contributed by atoms with Crippen molar-refractivity contribution in [1.29, 1.82) is 0 Å². The van der Waals surface area contributed by atoms with Crippen LogP contribution in [0.5, 0.6) is 11.5 Å². The molecule has 1 aliphatic heterocycles. The number of carbonyl (C=O) groups excluding carboxylic acids is 1. The van der Waals surface area contributed by atoms with Gasteiger partial charge in [-0.3, -0.25) is 4.79 Å². The molecule has 1 aromatic carbocycles. The van der Waals surface area contributed by atoms with E-state index >= 15 is 0 Å². The first kappa shape index (κ1) is 15.4. The molecule has 23 heavy (non-hydrogen) atoms. The second-order valence-electron chi connectivity index (χ2n) is 5.41. The summed E-state index contributed by atoms with van der Waals surface area (Å²) in [6.45, 7) is 3.41. The maximum absolute atomic E-state index is 12.2. The van der Waals surface area contributed by atoms with Gasteiger partial charge in [-0.05, 0) is 31.5 Å². The van der Waals surface area contributed by atoms with E-state index in [-0.39, 0.29) is 17.6 Å². The third-order valence-corrected chi connectivity index (χ3v) is 3.47. The molecule has 1 amide bonds. The summed E-state index contributed by atoms with van der Waals surface area (Å²) >= 11 is 0. The molecule has 0 radical (unpaired) electrons. The molecule has 1 unspecified atom stereocenters. The molecule has 0 bridgehead atoms. The van der Waals surface area contributed by atoms with Crippen LogP contribution in [0.3, 0.4) is 0 Å². The monoisotopic (exact) mass is 317 g/mol. The van der Waals surface area contributed by atoms with Gasteiger partial charge in [0.25, 0.3) is 5.91 Å². The van der Waals surface area contributed by atoms with E-state index in [9.17, 15) is 4.79 Å². The van der Waals surface area contributed by atoms with Gasteiger partial charge in [-0.2, -0.15) is 0 Å². The van der Waals surface area contributed by atoms with Gasteiger partial charge in [-0.25, -0.2) is 4.98 Å². The van der Waals surface area contributed by atoms with Gasteiger partial charge < -0.3 is 24.9 Å². The molecular formula is C16H19N3O4. The lowest BCUT2D eigenvalue weighted by molar-refractivity contribution is 0.0948. The van der Waals surface area contributed by atoms with Gasteiger partial charge >= 0.3 is 0 Å². The molecule has 1 aliphatic rings. The first-order valence-corrected chi connectivity index (χ1v) is 7.52. The number of hydrogen-bond acceptors (Lipinski definition) is 6. The number of rotatable bonds is 5. The number of benzene rings is 1. The van der Waals surface area contributed by atoms with Gasteiger partial charge in [0, 0.05) is 18.2 Å². The quantitative estimate of drug-likeness (QED) is 0.868. The molecule has 2 heterocycles. The highest BCUT2D eigenvalue weighted by atomic mass is 16.6. The Morgan fingerprint density at radius 2 is 2.13 bits per heavy atom. The predicted molar refractivity (Wildman–Crippen MR) is 83.5 cm³/mol. The van der Waals surface area contributed by atoms with Crippen LogP contribution in [0.15, 0.2) is 29.0 Å². The highest BCUT2D eigenvalue weighted by Gasteiger charge is 2.20. The summed E-state index contributed by atoms with van der Waals surface area (Å²) in [4.78, 5) is 16.3. The van der Waals surface area contributed by atoms with Crippen LogP contribution in [-0.2, 0) is 0 Å². The molecule has 0 saturated heterocycles. The fourth-order valence-corrected chi connectivity index (χ4v) is 2.29. The largest absolute Gasteiger partial charge is 0.486 e. The Labute approximate surface area is 133 Å². The highest BCUT2D eigenvalue weighted by molar-refractivity contribution is 5.97. The van der Waals surface area contributed by atoms with Crippen LogP contribution in [0.2, 0.25) is 0 Å². The van der Waals surface area contributed by atoms with Crippen LogP contribution >= 0.6 is 0 Å². The van der Waals surface area contributed by atoms with Crippen LogP contribution in [0.4, 0.5) is 0 Å². The Morgan fingerprint density at radius 3 is 2.91 bits per heavy atom. The molecule has 0 aliphatic carbocycles. The number of ether oxygens (including phenoxy) is 2. The Hall–Kier alpha value is -2.54. The number of oxazole rings is 1. The number of amides is 1. The summed E-state index contributed by atoms with van der Waals surface area (Å²) in [6.07, 6.45) is 1.95. The number of aromatic nitrogens is 1. The Morgan fingerprint density at radius 1 is 1.35 bits per heavy atom. The summed E-state index contributed by atoms with van der Waals surface area (Å²) in [5, 5.41) is 2.79. The minimum absolute atomic E-state index is 0.0323. The van der Waals surface area contributed by atoms with Gasteiger partial charge in [-0.15, -0.1) is 0 Å². The molecule has 0 spiro atoms. The molecule has 0 fully saturated rings. The number of hydrogen-bond donors (Lipinski definition) is 2. The average molecular weight is 317 g/mol. The topological polar surface area (TPSA) is 99.6 Å². The van der Waals surface area contributed by atoms with Gasteiger partial charge in [0.05, 0.1) is 0 Å². The van der Waals surface area contributed by atoms with E-state index in [0.29, 0.717) is 49.0 Å². The Balaban J connectivity index is 1.79. The van der Waals surface area contributed by atoms with Crippen molar-refractivity contribution in [3.63, 3.8) is 0 Å². The number of nitrogens with zero attached hydrogens (tertiary/aromatic N) is 1. The van der Waals surface area contributed by atoms with Gasteiger partial charge in [0.15, 0.2) is 29.3 Å². The van der Waals surface area contributed by atoms with Crippen LogP contribution in [0, 0.1) is 0 Å².